The van der Waals surface area contributed by atoms with Gasteiger partial charge in [0, 0.05) is 6.92 Å². The largest absolute Gasteiger partial charge is 0.475 e. The molecular weight excluding hydrogens is 302 g/mol. The SMILES string of the molecule is CC(=O)N[C@@H]1[C@@H](O)C=C(C(=O)O)O[C@@]1(CO)[C@H](O)[C@H](O)CO. The van der Waals surface area contributed by atoms with Crippen molar-refractivity contribution in [2.45, 2.75) is 36.9 Å². The number of aliphatic hydroxyl groups excluding tert-OH is 5. The fraction of sp³-hybridized carbons (Fsp3) is 0.667. The Morgan fingerprint density at radius 1 is 1.41 bits per heavy atom. The number of carboxylic acids is 1. The molecule has 1 rings (SSSR count). The molecule has 0 saturated heterocycles. The van der Waals surface area contributed by atoms with Gasteiger partial charge in [-0.05, 0) is 6.08 Å². The molecule has 0 fully saturated rings. The van der Waals surface area contributed by atoms with Crippen LogP contribution in [0.5, 0.6) is 0 Å². The fourth-order valence-corrected chi connectivity index (χ4v) is 2.28. The topological polar surface area (TPSA) is 177 Å². The Balaban J connectivity index is 3.35. The number of carboxylic acid groups (broad SMARTS) is 1. The molecule has 1 aliphatic rings. The highest BCUT2D eigenvalue weighted by Gasteiger charge is 2.55. The first-order valence-corrected chi connectivity index (χ1v) is 6.36. The second-order valence-corrected chi connectivity index (χ2v) is 4.91. The van der Waals surface area contributed by atoms with Crippen molar-refractivity contribution in [1.82, 2.24) is 5.32 Å². The van der Waals surface area contributed by atoms with Gasteiger partial charge in [-0.3, -0.25) is 4.79 Å². The maximum Gasteiger partial charge on any atom is 0.370 e. The Morgan fingerprint density at radius 2 is 2.00 bits per heavy atom. The zero-order valence-electron chi connectivity index (χ0n) is 11.7. The van der Waals surface area contributed by atoms with Gasteiger partial charge in [0.15, 0.2) is 5.60 Å². The third kappa shape index (κ3) is 3.36. The van der Waals surface area contributed by atoms with Crippen LogP contribution >= 0.6 is 0 Å². The Hall–Kier alpha value is -1.72. The van der Waals surface area contributed by atoms with Crippen molar-refractivity contribution in [2.75, 3.05) is 13.2 Å². The standard InChI is InChI=1S/C12H19NO9/c1-5(16)13-9-6(17)2-8(11(20)21)22-12(9,4-15)10(19)7(18)3-14/h2,6-7,9-10,14-15,17-19H,3-4H2,1H3,(H,13,16)(H,20,21)/t6-,7+,9+,10+,12+/m0/s1. The van der Waals surface area contributed by atoms with Crippen molar-refractivity contribution in [3.05, 3.63) is 11.8 Å². The number of hydrogen-bond donors (Lipinski definition) is 7. The summed E-state index contributed by atoms with van der Waals surface area (Å²) in [5.74, 6) is -3.00. The van der Waals surface area contributed by atoms with Crippen molar-refractivity contribution in [3.63, 3.8) is 0 Å². The third-order valence-electron chi connectivity index (χ3n) is 3.36. The van der Waals surface area contributed by atoms with Crippen LogP contribution in [0.4, 0.5) is 0 Å². The number of aliphatic carboxylic acids is 1. The smallest absolute Gasteiger partial charge is 0.370 e. The number of nitrogens with one attached hydrogen (secondary N) is 1. The summed E-state index contributed by atoms with van der Waals surface area (Å²) in [4.78, 5) is 22.3. The molecule has 0 aliphatic carbocycles. The summed E-state index contributed by atoms with van der Waals surface area (Å²) in [7, 11) is 0. The second kappa shape index (κ2) is 7.03. The number of rotatable bonds is 6. The number of carbonyl (C=O) groups is 2. The van der Waals surface area contributed by atoms with E-state index in [9.17, 15) is 30.0 Å². The summed E-state index contributed by atoms with van der Waals surface area (Å²) in [6.07, 6.45) is -4.62. The quantitative estimate of drug-likeness (QED) is 0.259. The van der Waals surface area contributed by atoms with Gasteiger partial charge < -0.3 is 40.7 Å². The molecule has 0 aromatic carbocycles. The molecule has 10 heteroatoms. The fourth-order valence-electron chi connectivity index (χ4n) is 2.28. The lowest BCUT2D eigenvalue weighted by Gasteiger charge is -2.47. The van der Waals surface area contributed by atoms with E-state index in [-0.39, 0.29) is 0 Å². The summed E-state index contributed by atoms with van der Waals surface area (Å²) in [5, 5.41) is 59.4. The number of aliphatic hydroxyl groups is 5. The molecule has 1 heterocycles. The normalized spacial score (nSPS) is 30.7. The van der Waals surface area contributed by atoms with Crippen LogP contribution in [0.15, 0.2) is 11.8 Å². The molecule has 0 radical (unpaired) electrons. The highest BCUT2D eigenvalue weighted by Crippen LogP contribution is 2.33. The van der Waals surface area contributed by atoms with E-state index in [1.54, 1.807) is 0 Å². The van der Waals surface area contributed by atoms with E-state index < -0.39 is 60.8 Å². The van der Waals surface area contributed by atoms with E-state index in [1.165, 1.54) is 0 Å². The number of ether oxygens (including phenoxy) is 1. The number of hydrogen-bond acceptors (Lipinski definition) is 8. The average molecular weight is 321 g/mol. The van der Waals surface area contributed by atoms with Crippen molar-refractivity contribution in [1.29, 1.82) is 0 Å². The van der Waals surface area contributed by atoms with Crippen LogP contribution in [0.2, 0.25) is 0 Å². The molecule has 10 nitrogen and oxygen atoms in total. The lowest BCUT2D eigenvalue weighted by Crippen LogP contribution is -2.70. The van der Waals surface area contributed by atoms with Gasteiger partial charge >= 0.3 is 5.97 Å². The van der Waals surface area contributed by atoms with Gasteiger partial charge in [0.05, 0.1) is 13.2 Å². The molecule has 0 aromatic rings. The maximum atomic E-state index is 11.2. The summed E-state index contributed by atoms with van der Waals surface area (Å²) < 4.78 is 5.07. The molecule has 5 atom stereocenters. The second-order valence-electron chi connectivity index (χ2n) is 4.91. The minimum Gasteiger partial charge on any atom is -0.475 e. The molecule has 7 N–H and O–H groups in total. The molecule has 0 aromatic heterocycles. The maximum absolute atomic E-state index is 11.2. The lowest BCUT2D eigenvalue weighted by atomic mass is 9.80. The molecule has 0 spiro atoms. The van der Waals surface area contributed by atoms with Crippen molar-refractivity contribution in [2.24, 2.45) is 0 Å². The highest BCUT2D eigenvalue weighted by atomic mass is 16.6. The number of carbonyl (C=O) groups excluding carboxylic acids is 1. The van der Waals surface area contributed by atoms with Gasteiger partial charge in [0.25, 0.3) is 0 Å². The van der Waals surface area contributed by atoms with Gasteiger partial charge in [-0.25, -0.2) is 4.79 Å². The van der Waals surface area contributed by atoms with Crippen LogP contribution in [0.25, 0.3) is 0 Å². The molecule has 0 unspecified atom stereocenters. The lowest BCUT2D eigenvalue weighted by molar-refractivity contribution is -0.201. The predicted molar refractivity (Wildman–Crippen MR) is 69.3 cm³/mol. The minimum atomic E-state index is -2.25. The van der Waals surface area contributed by atoms with Gasteiger partial charge in [0.2, 0.25) is 11.7 Å². The van der Waals surface area contributed by atoms with Crippen LogP contribution in [0.1, 0.15) is 6.92 Å². The van der Waals surface area contributed by atoms with Crippen molar-refractivity contribution < 1.29 is 45.0 Å². The first-order valence-electron chi connectivity index (χ1n) is 6.36. The third-order valence-corrected chi connectivity index (χ3v) is 3.36. The van der Waals surface area contributed by atoms with Crippen LogP contribution in [0.3, 0.4) is 0 Å². The summed E-state index contributed by atoms with van der Waals surface area (Å²) in [6, 6.07) is -1.45. The predicted octanol–water partition coefficient (Wildman–Crippen LogP) is -3.70. The summed E-state index contributed by atoms with van der Waals surface area (Å²) in [5.41, 5.74) is -2.25. The molecule has 22 heavy (non-hydrogen) atoms. The Morgan fingerprint density at radius 3 is 2.41 bits per heavy atom. The first-order chi connectivity index (χ1) is 10.2. The Kier molecular flexibility index (Phi) is 5.85. The Bertz CT molecular complexity index is 466. The Labute approximate surface area is 125 Å². The van der Waals surface area contributed by atoms with Gasteiger partial charge in [-0.1, -0.05) is 0 Å². The number of amides is 1. The van der Waals surface area contributed by atoms with Gasteiger partial charge in [-0.2, -0.15) is 0 Å². The zero-order chi connectivity index (χ0) is 17.1. The average Bonchev–Trinajstić information content (AvgIpc) is 2.47. The first kappa shape index (κ1) is 18.3. The van der Waals surface area contributed by atoms with Crippen molar-refractivity contribution >= 4 is 11.9 Å². The molecule has 126 valence electrons. The van der Waals surface area contributed by atoms with E-state index in [0.29, 0.717) is 0 Å². The highest BCUT2D eigenvalue weighted by molar-refractivity contribution is 5.85. The minimum absolute atomic E-state index is 0.650. The molecule has 0 bridgehead atoms. The van der Waals surface area contributed by atoms with Gasteiger partial charge in [-0.15, -0.1) is 0 Å². The van der Waals surface area contributed by atoms with E-state index in [1.807, 2.05) is 0 Å². The molecule has 0 saturated carbocycles. The molecule has 1 amide bonds. The van der Waals surface area contributed by atoms with Crippen molar-refractivity contribution in [3.8, 4) is 0 Å². The van der Waals surface area contributed by atoms with E-state index in [2.05, 4.69) is 5.32 Å². The van der Waals surface area contributed by atoms with Crippen LogP contribution in [-0.2, 0) is 14.3 Å². The van der Waals surface area contributed by atoms with Crippen LogP contribution < -0.4 is 5.32 Å². The summed E-state index contributed by atoms with van der Waals surface area (Å²) >= 11 is 0. The molecular formula is C12H19NO9. The van der Waals surface area contributed by atoms with Crippen LogP contribution in [-0.4, -0.2) is 85.7 Å². The summed E-state index contributed by atoms with van der Waals surface area (Å²) in [6.45, 7) is -0.862. The van der Waals surface area contributed by atoms with Gasteiger partial charge in [0.1, 0.15) is 24.4 Å². The van der Waals surface area contributed by atoms with E-state index in [0.717, 1.165) is 13.0 Å². The van der Waals surface area contributed by atoms with Crippen LogP contribution in [0, 0.1) is 0 Å². The van der Waals surface area contributed by atoms with E-state index >= 15 is 0 Å². The molecule has 1 aliphatic heterocycles. The monoisotopic (exact) mass is 321 g/mol. The van der Waals surface area contributed by atoms with E-state index in [4.69, 9.17) is 14.9 Å². The zero-order valence-corrected chi connectivity index (χ0v) is 11.7.